The fourth-order valence-electron chi connectivity index (χ4n) is 1.58. The van der Waals surface area contributed by atoms with Gasteiger partial charge in [-0.05, 0) is 30.7 Å². The second-order valence-electron chi connectivity index (χ2n) is 3.95. The Morgan fingerprint density at radius 2 is 2.22 bits per heavy atom. The molecule has 1 unspecified atom stereocenters. The van der Waals surface area contributed by atoms with E-state index in [1.54, 1.807) is 24.5 Å². The highest BCUT2D eigenvalue weighted by Crippen LogP contribution is 2.11. The zero-order chi connectivity index (χ0) is 13.0. The molecule has 3 N–H and O–H groups in total. The van der Waals surface area contributed by atoms with Gasteiger partial charge in [0, 0.05) is 24.2 Å². The van der Waals surface area contributed by atoms with Gasteiger partial charge in [0.15, 0.2) is 0 Å². The van der Waals surface area contributed by atoms with Crippen molar-refractivity contribution in [2.24, 2.45) is 0 Å². The van der Waals surface area contributed by atoms with Crippen LogP contribution in [-0.2, 0) is 0 Å². The highest BCUT2D eigenvalue weighted by atomic mass is 16.1. The number of nitrogens with two attached hydrogens (primary N) is 1. The van der Waals surface area contributed by atoms with E-state index in [4.69, 9.17) is 5.73 Å². The molecule has 2 aromatic heterocycles. The number of pyridine rings is 2. The molecule has 1 amide bonds. The zero-order valence-corrected chi connectivity index (χ0v) is 10.00. The summed E-state index contributed by atoms with van der Waals surface area (Å²) >= 11 is 0. The molecular weight excluding hydrogens is 228 g/mol. The van der Waals surface area contributed by atoms with E-state index in [-0.39, 0.29) is 11.9 Å². The van der Waals surface area contributed by atoms with Crippen LogP contribution in [0.15, 0.2) is 42.9 Å². The van der Waals surface area contributed by atoms with Crippen LogP contribution in [0.4, 0.5) is 5.82 Å². The third kappa shape index (κ3) is 2.82. The van der Waals surface area contributed by atoms with Crippen LogP contribution < -0.4 is 11.1 Å². The Morgan fingerprint density at radius 3 is 2.89 bits per heavy atom. The summed E-state index contributed by atoms with van der Waals surface area (Å²) in [5, 5.41) is 2.88. The van der Waals surface area contributed by atoms with Crippen molar-refractivity contribution in [2.45, 2.75) is 13.0 Å². The number of carbonyl (C=O) groups is 1. The van der Waals surface area contributed by atoms with Crippen LogP contribution in [0, 0.1) is 0 Å². The van der Waals surface area contributed by atoms with Gasteiger partial charge in [-0.2, -0.15) is 0 Å². The first kappa shape index (κ1) is 12.0. The van der Waals surface area contributed by atoms with Gasteiger partial charge in [0.2, 0.25) is 0 Å². The van der Waals surface area contributed by atoms with Gasteiger partial charge < -0.3 is 11.1 Å². The van der Waals surface area contributed by atoms with E-state index in [1.807, 2.05) is 19.1 Å². The first-order valence-corrected chi connectivity index (χ1v) is 5.59. The van der Waals surface area contributed by atoms with Crippen molar-refractivity contribution < 1.29 is 4.79 Å². The second kappa shape index (κ2) is 5.27. The fraction of sp³-hybridized carbons (Fsp3) is 0.154. The first-order chi connectivity index (χ1) is 8.66. The van der Waals surface area contributed by atoms with Crippen molar-refractivity contribution in [3.63, 3.8) is 0 Å². The highest BCUT2D eigenvalue weighted by Gasteiger charge is 2.11. The monoisotopic (exact) mass is 242 g/mol. The normalized spacial score (nSPS) is 11.8. The van der Waals surface area contributed by atoms with E-state index in [1.165, 1.54) is 6.20 Å². The Bertz CT molecular complexity index is 542. The summed E-state index contributed by atoms with van der Waals surface area (Å²) in [5.74, 6) is 0.150. The van der Waals surface area contributed by atoms with Crippen LogP contribution in [0.3, 0.4) is 0 Å². The molecule has 0 spiro atoms. The minimum absolute atomic E-state index is 0.111. The Labute approximate surface area is 105 Å². The molecule has 0 saturated carbocycles. The number of rotatable bonds is 3. The van der Waals surface area contributed by atoms with E-state index in [2.05, 4.69) is 15.3 Å². The van der Waals surface area contributed by atoms with Gasteiger partial charge in [0.05, 0.1) is 6.04 Å². The average molecular weight is 242 g/mol. The quantitative estimate of drug-likeness (QED) is 0.855. The zero-order valence-electron chi connectivity index (χ0n) is 10.00. The lowest BCUT2D eigenvalue weighted by Gasteiger charge is -2.13. The number of nitrogens with one attached hydrogen (secondary N) is 1. The smallest absolute Gasteiger partial charge is 0.251 e. The molecule has 0 fully saturated rings. The van der Waals surface area contributed by atoms with Crippen LogP contribution in [0.1, 0.15) is 28.9 Å². The van der Waals surface area contributed by atoms with Crippen molar-refractivity contribution in [1.82, 2.24) is 15.3 Å². The molecule has 0 aliphatic heterocycles. The standard InChI is InChI=1S/C13H14N4O/c1-9(11-3-2-5-15-8-11)17-13(18)10-4-6-16-12(14)7-10/h2-9H,1H3,(H2,14,16)(H,17,18). The number of nitrogens with zero attached hydrogens (tertiary/aromatic N) is 2. The number of hydrogen-bond acceptors (Lipinski definition) is 4. The number of aromatic nitrogens is 2. The topological polar surface area (TPSA) is 80.9 Å². The molecule has 2 aromatic rings. The molecule has 0 aliphatic rings. The summed E-state index contributed by atoms with van der Waals surface area (Å²) in [6, 6.07) is 6.81. The van der Waals surface area contributed by atoms with Crippen molar-refractivity contribution in [1.29, 1.82) is 0 Å². The lowest BCUT2D eigenvalue weighted by molar-refractivity contribution is 0.0940. The van der Waals surface area contributed by atoms with Crippen LogP contribution in [0.5, 0.6) is 0 Å². The minimum atomic E-state index is -0.180. The Balaban J connectivity index is 2.08. The molecule has 18 heavy (non-hydrogen) atoms. The molecule has 1 atom stereocenters. The van der Waals surface area contributed by atoms with Crippen molar-refractivity contribution in [3.8, 4) is 0 Å². The maximum absolute atomic E-state index is 12.0. The number of nitrogen functional groups attached to an aromatic ring is 1. The maximum Gasteiger partial charge on any atom is 0.251 e. The number of carbonyl (C=O) groups excluding carboxylic acids is 1. The summed E-state index contributed by atoms with van der Waals surface area (Å²) in [6.07, 6.45) is 4.94. The molecule has 0 bridgehead atoms. The molecular formula is C13H14N4O. The predicted molar refractivity (Wildman–Crippen MR) is 68.8 cm³/mol. The van der Waals surface area contributed by atoms with E-state index < -0.39 is 0 Å². The number of amides is 1. The Morgan fingerprint density at radius 1 is 1.39 bits per heavy atom. The van der Waals surface area contributed by atoms with Gasteiger partial charge >= 0.3 is 0 Å². The van der Waals surface area contributed by atoms with Crippen LogP contribution in [-0.4, -0.2) is 15.9 Å². The van der Waals surface area contributed by atoms with Gasteiger partial charge in [0.1, 0.15) is 5.82 Å². The van der Waals surface area contributed by atoms with Crippen LogP contribution >= 0.6 is 0 Å². The van der Waals surface area contributed by atoms with E-state index >= 15 is 0 Å². The lowest BCUT2D eigenvalue weighted by atomic mass is 10.1. The minimum Gasteiger partial charge on any atom is -0.384 e. The largest absolute Gasteiger partial charge is 0.384 e. The summed E-state index contributed by atoms with van der Waals surface area (Å²) in [6.45, 7) is 1.90. The van der Waals surface area contributed by atoms with E-state index in [0.717, 1.165) is 5.56 Å². The summed E-state index contributed by atoms with van der Waals surface area (Å²) in [5.41, 5.74) is 6.99. The van der Waals surface area contributed by atoms with E-state index in [9.17, 15) is 4.79 Å². The predicted octanol–water partition coefficient (Wildman–Crippen LogP) is 1.55. The van der Waals surface area contributed by atoms with Crippen LogP contribution in [0.25, 0.3) is 0 Å². The van der Waals surface area contributed by atoms with Crippen LogP contribution in [0.2, 0.25) is 0 Å². The molecule has 0 aromatic carbocycles. The summed E-state index contributed by atoms with van der Waals surface area (Å²) in [7, 11) is 0. The lowest BCUT2D eigenvalue weighted by Crippen LogP contribution is -2.26. The number of anilines is 1. The molecule has 5 heteroatoms. The third-order valence-electron chi connectivity index (χ3n) is 2.58. The van der Waals surface area contributed by atoms with Crippen molar-refractivity contribution in [2.75, 3.05) is 5.73 Å². The summed E-state index contributed by atoms with van der Waals surface area (Å²) in [4.78, 5) is 19.8. The second-order valence-corrected chi connectivity index (χ2v) is 3.95. The Hall–Kier alpha value is -2.43. The van der Waals surface area contributed by atoms with Gasteiger partial charge in [-0.25, -0.2) is 4.98 Å². The molecule has 0 aliphatic carbocycles. The van der Waals surface area contributed by atoms with Gasteiger partial charge in [-0.15, -0.1) is 0 Å². The average Bonchev–Trinajstić information content (AvgIpc) is 2.39. The SMILES string of the molecule is CC(NC(=O)c1ccnc(N)c1)c1cccnc1. The first-order valence-electron chi connectivity index (χ1n) is 5.59. The van der Waals surface area contributed by atoms with Gasteiger partial charge in [0.25, 0.3) is 5.91 Å². The van der Waals surface area contributed by atoms with E-state index in [0.29, 0.717) is 11.4 Å². The fourth-order valence-corrected chi connectivity index (χ4v) is 1.58. The summed E-state index contributed by atoms with van der Waals surface area (Å²) < 4.78 is 0. The highest BCUT2D eigenvalue weighted by molar-refractivity contribution is 5.94. The molecule has 5 nitrogen and oxygen atoms in total. The van der Waals surface area contributed by atoms with Crippen molar-refractivity contribution in [3.05, 3.63) is 54.0 Å². The van der Waals surface area contributed by atoms with Crippen molar-refractivity contribution >= 4 is 11.7 Å². The molecule has 2 rings (SSSR count). The maximum atomic E-state index is 12.0. The van der Waals surface area contributed by atoms with Gasteiger partial charge in [-0.1, -0.05) is 6.07 Å². The molecule has 0 saturated heterocycles. The van der Waals surface area contributed by atoms with Gasteiger partial charge in [-0.3, -0.25) is 9.78 Å². The third-order valence-corrected chi connectivity index (χ3v) is 2.58. The molecule has 0 radical (unpaired) electrons. The molecule has 92 valence electrons. The molecule has 2 heterocycles. The Kier molecular flexibility index (Phi) is 3.52. The number of hydrogen-bond donors (Lipinski definition) is 2.